The van der Waals surface area contributed by atoms with Crippen molar-refractivity contribution in [1.82, 2.24) is 4.98 Å². The number of nitro groups is 1. The summed E-state index contributed by atoms with van der Waals surface area (Å²) in [4.78, 5) is 28.2. The molecule has 37 heavy (non-hydrogen) atoms. The second-order valence-corrected chi connectivity index (χ2v) is 8.96. The van der Waals surface area contributed by atoms with Gasteiger partial charge in [-0.1, -0.05) is 47.5 Å². The van der Waals surface area contributed by atoms with Crippen LogP contribution < -0.4 is 4.74 Å². The molecule has 0 saturated heterocycles. The number of benzene rings is 3. The molecule has 1 atom stereocenters. The average molecular weight is 537 g/mol. The molecule has 186 valence electrons. The summed E-state index contributed by atoms with van der Waals surface area (Å²) in [5.41, 5.74) is 2.11. The maximum absolute atomic E-state index is 13.2. The van der Waals surface area contributed by atoms with Crippen LogP contribution in [-0.4, -0.2) is 23.0 Å². The Bertz CT molecular complexity index is 1630. The summed E-state index contributed by atoms with van der Waals surface area (Å²) in [5.74, 6) is -0.139. The predicted octanol–water partition coefficient (Wildman–Crippen LogP) is 7.35. The number of esters is 1. The SMILES string of the molecule is COc1ccc(C(Cc2c(Cl)cncc2Cl)OC(=O)c2ccccc2)c2c1oc1ccc([N+](=O)[O-])cc12. The highest BCUT2D eigenvalue weighted by Gasteiger charge is 2.27. The first kappa shape index (κ1) is 24.5. The topological polar surface area (TPSA) is 105 Å². The first-order valence-electron chi connectivity index (χ1n) is 11.1. The van der Waals surface area contributed by atoms with E-state index in [-0.39, 0.29) is 12.1 Å². The molecule has 0 radical (unpaired) electrons. The lowest BCUT2D eigenvalue weighted by molar-refractivity contribution is -0.384. The molecule has 5 rings (SSSR count). The van der Waals surface area contributed by atoms with Gasteiger partial charge in [-0.15, -0.1) is 0 Å². The number of carbonyl (C=O) groups excluding carboxylic acids is 1. The number of methoxy groups -OCH3 is 1. The van der Waals surface area contributed by atoms with E-state index >= 15 is 0 Å². The lowest BCUT2D eigenvalue weighted by Crippen LogP contribution is -2.15. The molecule has 10 heteroatoms. The number of hydrogen-bond donors (Lipinski definition) is 0. The molecule has 2 heterocycles. The smallest absolute Gasteiger partial charge is 0.338 e. The third-order valence-corrected chi connectivity index (χ3v) is 6.63. The van der Waals surface area contributed by atoms with Crippen molar-refractivity contribution in [2.75, 3.05) is 7.11 Å². The van der Waals surface area contributed by atoms with Gasteiger partial charge in [-0.05, 0) is 29.8 Å². The van der Waals surface area contributed by atoms with Crippen molar-refractivity contribution in [1.29, 1.82) is 0 Å². The molecule has 1 unspecified atom stereocenters. The van der Waals surface area contributed by atoms with E-state index in [1.807, 2.05) is 0 Å². The van der Waals surface area contributed by atoms with Gasteiger partial charge in [0.25, 0.3) is 5.69 Å². The number of furan rings is 1. The highest BCUT2D eigenvalue weighted by molar-refractivity contribution is 6.35. The van der Waals surface area contributed by atoms with Gasteiger partial charge in [0.15, 0.2) is 11.3 Å². The largest absolute Gasteiger partial charge is 0.493 e. The van der Waals surface area contributed by atoms with E-state index in [2.05, 4.69) is 4.98 Å². The Kier molecular flexibility index (Phi) is 6.69. The summed E-state index contributed by atoms with van der Waals surface area (Å²) in [5, 5.41) is 13.1. The van der Waals surface area contributed by atoms with Crippen molar-refractivity contribution in [3.05, 3.63) is 110 Å². The number of pyridine rings is 1. The quantitative estimate of drug-likeness (QED) is 0.121. The van der Waals surface area contributed by atoms with Gasteiger partial charge in [0.1, 0.15) is 11.7 Å². The molecule has 0 N–H and O–H groups in total. The minimum absolute atomic E-state index is 0.109. The highest BCUT2D eigenvalue weighted by atomic mass is 35.5. The molecular formula is C27H18Cl2N2O6. The summed E-state index contributed by atoms with van der Waals surface area (Å²) in [7, 11) is 1.49. The Balaban J connectivity index is 1.73. The molecule has 0 aliphatic carbocycles. The minimum Gasteiger partial charge on any atom is -0.493 e. The molecular weight excluding hydrogens is 519 g/mol. The molecule has 2 aromatic heterocycles. The number of hydrogen-bond acceptors (Lipinski definition) is 7. The van der Waals surface area contributed by atoms with Crippen LogP contribution in [0.25, 0.3) is 21.9 Å². The van der Waals surface area contributed by atoms with Gasteiger partial charge in [0, 0.05) is 47.3 Å². The van der Waals surface area contributed by atoms with Crippen LogP contribution in [0.1, 0.15) is 27.6 Å². The average Bonchev–Trinajstić information content (AvgIpc) is 3.29. The van der Waals surface area contributed by atoms with E-state index < -0.39 is 17.0 Å². The summed E-state index contributed by atoms with van der Waals surface area (Å²) in [6.45, 7) is 0. The Labute approximate surface area is 220 Å². The monoisotopic (exact) mass is 536 g/mol. The zero-order valence-corrected chi connectivity index (χ0v) is 20.8. The molecule has 0 aliphatic heterocycles. The maximum Gasteiger partial charge on any atom is 0.338 e. The fourth-order valence-corrected chi connectivity index (χ4v) is 4.74. The summed E-state index contributed by atoms with van der Waals surface area (Å²) in [6.07, 6.45) is 2.14. The lowest BCUT2D eigenvalue weighted by Gasteiger charge is -2.21. The van der Waals surface area contributed by atoms with E-state index in [4.69, 9.17) is 37.1 Å². The first-order chi connectivity index (χ1) is 17.9. The van der Waals surface area contributed by atoms with Crippen molar-refractivity contribution < 1.29 is 23.6 Å². The molecule has 0 bridgehead atoms. The molecule has 0 aliphatic rings. The van der Waals surface area contributed by atoms with E-state index in [0.29, 0.717) is 54.4 Å². The number of rotatable bonds is 7. The number of ether oxygens (including phenoxy) is 2. The van der Waals surface area contributed by atoms with Crippen molar-refractivity contribution in [2.24, 2.45) is 0 Å². The van der Waals surface area contributed by atoms with Gasteiger partial charge >= 0.3 is 5.97 Å². The fraction of sp³-hybridized carbons (Fsp3) is 0.111. The second-order valence-electron chi connectivity index (χ2n) is 8.15. The zero-order chi connectivity index (χ0) is 26.1. The molecule has 0 spiro atoms. The molecule has 3 aromatic carbocycles. The number of nitrogens with zero attached hydrogens (tertiary/aromatic N) is 2. The van der Waals surface area contributed by atoms with Gasteiger partial charge < -0.3 is 13.9 Å². The van der Waals surface area contributed by atoms with Crippen LogP contribution in [0.5, 0.6) is 5.75 Å². The summed E-state index contributed by atoms with van der Waals surface area (Å²) in [6, 6.07) is 16.3. The van der Waals surface area contributed by atoms with Gasteiger partial charge in [-0.2, -0.15) is 0 Å². The molecule has 0 amide bonds. The lowest BCUT2D eigenvalue weighted by atomic mass is 9.96. The van der Waals surface area contributed by atoms with Crippen molar-refractivity contribution in [2.45, 2.75) is 12.5 Å². The van der Waals surface area contributed by atoms with Crippen molar-refractivity contribution in [3.8, 4) is 5.75 Å². The fourth-order valence-electron chi connectivity index (χ4n) is 4.22. The Morgan fingerprint density at radius 3 is 2.49 bits per heavy atom. The van der Waals surface area contributed by atoms with Gasteiger partial charge in [0.05, 0.1) is 27.6 Å². The van der Waals surface area contributed by atoms with Crippen LogP contribution in [0.4, 0.5) is 5.69 Å². The van der Waals surface area contributed by atoms with Crippen LogP contribution in [-0.2, 0) is 11.2 Å². The predicted molar refractivity (Wildman–Crippen MR) is 139 cm³/mol. The van der Waals surface area contributed by atoms with Crippen LogP contribution >= 0.6 is 23.2 Å². The van der Waals surface area contributed by atoms with Gasteiger partial charge in [-0.3, -0.25) is 15.1 Å². The van der Waals surface area contributed by atoms with Gasteiger partial charge in [-0.25, -0.2) is 4.79 Å². The first-order valence-corrected chi connectivity index (χ1v) is 11.8. The number of aromatic nitrogens is 1. The van der Waals surface area contributed by atoms with E-state index in [0.717, 1.165) is 0 Å². The van der Waals surface area contributed by atoms with Gasteiger partial charge in [0.2, 0.25) is 0 Å². The highest BCUT2D eigenvalue weighted by Crippen LogP contribution is 2.42. The summed E-state index contributed by atoms with van der Waals surface area (Å²) >= 11 is 12.8. The molecule has 8 nitrogen and oxygen atoms in total. The minimum atomic E-state index is -0.890. The van der Waals surface area contributed by atoms with Crippen LogP contribution in [0.3, 0.4) is 0 Å². The maximum atomic E-state index is 13.2. The van der Waals surface area contributed by atoms with Crippen LogP contribution in [0.15, 0.2) is 77.5 Å². The normalized spacial score (nSPS) is 12.0. The third-order valence-electron chi connectivity index (χ3n) is 5.98. The number of carbonyl (C=O) groups is 1. The number of fused-ring (bicyclic) bond motifs is 3. The van der Waals surface area contributed by atoms with Crippen molar-refractivity contribution in [3.63, 3.8) is 0 Å². The third kappa shape index (κ3) is 4.69. The number of non-ortho nitro benzene ring substituents is 1. The standard InChI is InChI=1S/C27H18Cl2N2O6/c1-35-23-10-8-17(25-19-11-16(31(33)34)7-9-22(19)36-26(23)25)24(12-18-20(28)13-30-14-21(18)29)37-27(32)15-5-3-2-4-6-15/h2-11,13-14,24H,12H2,1H3. The molecule has 0 saturated carbocycles. The van der Waals surface area contributed by atoms with Crippen LogP contribution in [0.2, 0.25) is 10.0 Å². The number of halogens is 2. The van der Waals surface area contributed by atoms with E-state index in [9.17, 15) is 14.9 Å². The second kappa shape index (κ2) is 10.1. The Morgan fingerprint density at radius 1 is 1.08 bits per heavy atom. The van der Waals surface area contributed by atoms with E-state index in [1.165, 1.54) is 37.7 Å². The van der Waals surface area contributed by atoms with Crippen molar-refractivity contribution >= 4 is 56.8 Å². The Hall–Kier alpha value is -4.14. The number of nitro benzene ring substituents is 1. The molecule has 5 aromatic rings. The summed E-state index contributed by atoms with van der Waals surface area (Å²) < 4.78 is 17.5. The van der Waals surface area contributed by atoms with E-state index in [1.54, 1.807) is 42.5 Å². The zero-order valence-electron chi connectivity index (χ0n) is 19.3. The Morgan fingerprint density at radius 2 is 1.81 bits per heavy atom. The molecule has 0 fully saturated rings. The van der Waals surface area contributed by atoms with Crippen LogP contribution in [0, 0.1) is 10.1 Å².